The summed E-state index contributed by atoms with van der Waals surface area (Å²) in [7, 11) is 1.54. The molecule has 28 heavy (non-hydrogen) atoms. The Morgan fingerprint density at radius 1 is 1.18 bits per heavy atom. The van der Waals surface area contributed by atoms with Gasteiger partial charge < -0.3 is 19.5 Å². The number of benzene rings is 2. The van der Waals surface area contributed by atoms with Gasteiger partial charge in [-0.15, -0.1) is 0 Å². The molecular formula is C21H19N3O4. The molecule has 0 aliphatic carbocycles. The van der Waals surface area contributed by atoms with Crippen molar-refractivity contribution in [1.82, 2.24) is 5.16 Å². The van der Waals surface area contributed by atoms with E-state index in [9.17, 15) is 9.59 Å². The number of rotatable bonds is 5. The predicted molar refractivity (Wildman–Crippen MR) is 104 cm³/mol. The third-order valence-electron chi connectivity index (χ3n) is 4.60. The highest BCUT2D eigenvalue weighted by Crippen LogP contribution is 2.34. The van der Waals surface area contributed by atoms with E-state index in [-0.39, 0.29) is 11.6 Å². The second-order valence-corrected chi connectivity index (χ2v) is 6.43. The molecule has 1 aliphatic rings. The largest absolute Gasteiger partial charge is 0.494 e. The van der Waals surface area contributed by atoms with Crippen molar-refractivity contribution in [2.45, 2.75) is 12.8 Å². The third kappa shape index (κ3) is 3.46. The Hall–Kier alpha value is -3.61. The summed E-state index contributed by atoms with van der Waals surface area (Å²) >= 11 is 0. The molecule has 0 atom stereocenters. The summed E-state index contributed by atoms with van der Waals surface area (Å²) in [5.41, 5.74) is 2.27. The van der Waals surface area contributed by atoms with Gasteiger partial charge in [0, 0.05) is 36.3 Å². The van der Waals surface area contributed by atoms with Gasteiger partial charge in [-0.1, -0.05) is 35.5 Å². The Morgan fingerprint density at radius 3 is 2.71 bits per heavy atom. The molecule has 0 unspecified atom stereocenters. The highest BCUT2D eigenvalue weighted by Gasteiger charge is 2.24. The summed E-state index contributed by atoms with van der Waals surface area (Å²) in [6.07, 6.45) is 1.37. The van der Waals surface area contributed by atoms with Crippen molar-refractivity contribution in [3.8, 4) is 17.1 Å². The van der Waals surface area contributed by atoms with Gasteiger partial charge in [-0.3, -0.25) is 9.59 Å². The number of methoxy groups -OCH3 is 1. The number of carbonyl (C=O) groups is 2. The zero-order chi connectivity index (χ0) is 19.5. The summed E-state index contributed by atoms with van der Waals surface area (Å²) in [4.78, 5) is 26.2. The second kappa shape index (κ2) is 7.56. The molecule has 1 N–H and O–H groups in total. The van der Waals surface area contributed by atoms with E-state index in [0.717, 1.165) is 12.0 Å². The van der Waals surface area contributed by atoms with Crippen molar-refractivity contribution in [1.29, 1.82) is 0 Å². The Morgan fingerprint density at radius 2 is 2.00 bits per heavy atom. The lowest BCUT2D eigenvalue weighted by molar-refractivity contribution is -0.117. The topological polar surface area (TPSA) is 84.7 Å². The standard InChI is InChI=1S/C21H19N3O4/c1-27-19-12-15(9-10-17(19)24-11-5-8-20(24)25)22-21(26)16-13-18(28-23-16)14-6-3-2-4-7-14/h2-4,6-7,9-10,12-13H,5,8,11H2,1H3,(H,22,26). The lowest BCUT2D eigenvalue weighted by Gasteiger charge is -2.19. The van der Waals surface area contributed by atoms with Crippen LogP contribution in [0.4, 0.5) is 11.4 Å². The van der Waals surface area contributed by atoms with Crippen molar-refractivity contribution in [3.05, 3.63) is 60.3 Å². The van der Waals surface area contributed by atoms with E-state index in [4.69, 9.17) is 9.26 Å². The number of hydrogen-bond acceptors (Lipinski definition) is 5. The van der Waals surface area contributed by atoms with E-state index in [1.54, 1.807) is 29.2 Å². The van der Waals surface area contributed by atoms with Crippen LogP contribution in [0, 0.1) is 0 Å². The average molecular weight is 377 g/mol. The lowest BCUT2D eigenvalue weighted by atomic mass is 10.1. The number of nitrogens with one attached hydrogen (secondary N) is 1. The first-order chi connectivity index (χ1) is 13.7. The van der Waals surface area contributed by atoms with Gasteiger partial charge in [-0.25, -0.2) is 0 Å². The van der Waals surface area contributed by atoms with Gasteiger partial charge in [0.25, 0.3) is 5.91 Å². The van der Waals surface area contributed by atoms with Gasteiger partial charge in [-0.2, -0.15) is 0 Å². The lowest BCUT2D eigenvalue weighted by Crippen LogP contribution is -2.24. The Labute approximate surface area is 161 Å². The smallest absolute Gasteiger partial charge is 0.277 e. The van der Waals surface area contributed by atoms with Crippen molar-refractivity contribution in [3.63, 3.8) is 0 Å². The molecule has 1 aliphatic heterocycles. The summed E-state index contributed by atoms with van der Waals surface area (Å²) in [5, 5.41) is 6.63. The van der Waals surface area contributed by atoms with Crippen molar-refractivity contribution >= 4 is 23.2 Å². The predicted octanol–water partition coefficient (Wildman–Crippen LogP) is 3.73. The van der Waals surface area contributed by atoms with Crippen LogP contribution in [0.15, 0.2) is 59.1 Å². The van der Waals surface area contributed by atoms with Crippen LogP contribution in [0.3, 0.4) is 0 Å². The van der Waals surface area contributed by atoms with Gasteiger partial charge in [0.15, 0.2) is 11.5 Å². The van der Waals surface area contributed by atoms with Crippen LogP contribution in [0.25, 0.3) is 11.3 Å². The van der Waals surface area contributed by atoms with Crippen LogP contribution in [-0.2, 0) is 4.79 Å². The average Bonchev–Trinajstić information content (AvgIpc) is 3.38. The molecule has 3 aromatic rings. The first-order valence-corrected chi connectivity index (χ1v) is 8.97. The molecular weight excluding hydrogens is 358 g/mol. The van der Waals surface area contributed by atoms with E-state index in [0.29, 0.717) is 35.9 Å². The molecule has 2 aromatic carbocycles. The van der Waals surface area contributed by atoms with E-state index in [1.807, 2.05) is 30.3 Å². The Balaban J connectivity index is 1.52. The quantitative estimate of drug-likeness (QED) is 0.732. The summed E-state index contributed by atoms with van der Waals surface area (Å²) < 4.78 is 10.7. The molecule has 0 spiro atoms. The van der Waals surface area contributed by atoms with E-state index >= 15 is 0 Å². The van der Waals surface area contributed by atoms with E-state index in [1.165, 1.54) is 7.11 Å². The van der Waals surface area contributed by atoms with Crippen LogP contribution < -0.4 is 15.0 Å². The molecule has 7 nitrogen and oxygen atoms in total. The maximum Gasteiger partial charge on any atom is 0.277 e. The minimum Gasteiger partial charge on any atom is -0.494 e. The highest BCUT2D eigenvalue weighted by molar-refractivity contribution is 6.04. The number of amides is 2. The SMILES string of the molecule is COc1cc(NC(=O)c2cc(-c3ccccc3)on2)ccc1N1CCCC1=O. The van der Waals surface area contributed by atoms with Crippen molar-refractivity contribution < 1.29 is 18.8 Å². The molecule has 2 heterocycles. The Kier molecular flexibility index (Phi) is 4.80. The molecule has 1 saturated heterocycles. The summed E-state index contributed by atoms with van der Waals surface area (Å²) in [6.45, 7) is 0.669. The first kappa shape index (κ1) is 17.8. The van der Waals surface area contributed by atoms with Gasteiger partial charge in [0.1, 0.15) is 5.75 Å². The fourth-order valence-electron chi connectivity index (χ4n) is 3.20. The zero-order valence-electron chi connectivity index (χ0n) is 15.3. The molecule has 142 valence electrons. The monoisotopic (exact) mass is 377 g/mol. The maximum atomic E-state index is 12.5. The number of carbonyl (C=O) groups excluding carboxylic acids is 2. The minimum absolute atomic E-state index is 0.0751. The number of aromatic nitrogens is 1. The van der Waals surface area contributed by atoms with Crippen LogP contribution >= 0.6 is 0 Å². The number of nitrogens with zero attached hydrogens (tertiary/aromatic N) is 2. The molecule has 1 aromatic heterocycles. The molecule has 1 fully saturated rings. The first-order valence-electron chi connectivity index (χ1n) is 8.97. The molecule has 0 bridgehead atoms. The normalized spacial score (nSPS) is 13.6. The molecule has 7 heteroatoms. The van der Waals surface area contributed by atoms with Crippen LogP contribution in [-0.4, -0.2) is 30.6 Å². The van der Waals surface area contributed by atoms with E-state index in [2.05, 4.69) is 10.5 Å². The van der Waals surface area contributed by atoms with Gasteiger partial charge in [0.2, 0.25) is 5.91 Å². The highest BCUT2D eigenvalue weighted by atomic mass is 16.5. The second-order valence-electron chi connectivity index (χ2n) is 6.43. The summed E-state index contributed by atoms with van der Waals surface area (Å²) in [5.74, 6) is 0.730. The molecule has 0 saturated carbocycles. The van der Waals surface area contributed by atoms with Crippen molar-refractivity contribution in [2.24, 2.45) is 0 Å². The molecule has 0 radical (unpaired) electrons. The summed E-state index contributed by atoms with van der Waals surface area (Å²) in [6, 6.07) is 16.2. The maximum absolute atomic E-state index is 12.5. The molecule has 2 amide bonds. The number of hydrogen-bond donors (Lipinski definition) is 1. The van der Waals surface area contributed by atoms with Crippen LogP contribution in [0.1, 0.15) is 23.3 Å². The van der Waals surface area contributed by atoms with Crippen LogP contribution in [0.5, 0.6) is 5.75 Å². The fraction of sp³-hybridized carbons (Fsp3) is 0.190. The Bertz CT molecular complexity index is 1010. The zero-order valence-corrected chi connectivity index (χ0v) is 15.3. The number of anilines is 2. The molecule has 4 rings (SSSR count). The van der Waals surface area contributed by atoms with Gasteiger partial charge >= 0.3 is 0 Å². The van der Waals surface area contributed by atoms with E-state index < -0.39 is 5.91 Å². The van der Waals surface area contributed by atoms with Crippen molar-refractivity contribution in [2.75, 3.05) is 23.9 Å². The van der Waals surface area contributed by atoms with Crippen LogP contribution in [0.2, 0.25) is 0 Å². The van der Waals surface area contributed by atoms with Gasteiger partial charge in [-0.05, 0) is 18.6 Å². The third-order valence-corrected chi connectivity index (χ3v) is 4.60. The number of ether oxygens (including phenoxy) is 1. The fourth-order valence-corrected chi connectivity index (χ4v) is 3.20. The van der Waals surface area contributed by atoms with Gasteiger partial charge in [0.05, 0.1) is 12.8 Å². The minimum atomic E-state index is -0.391.